The molecule has 0 aromatic heterocycles. The van der Waals surface area contributed by atoms with Gasteiger partial charge in [-0.05, 0) is 6.42 Å². The van der Waals surface area contributed by atoms with Gasteiger partial charge in [-0.25, -0.2) is 0 Å². The number of ether oxygens (including phenoxy) is 2. The Kier molecular flexibility index (Phi) is 9.05. The standard InChI is InChI=1S/C6H9NO3.C6H12O/c1-10-6(9)4-2-5(8)7-3-4;1-3-5-7-6-4-2/h4H,2-3H2,1H3,(H,7,8);3H,1,4-6H2,2H3. The molecule has 1 aliphatic heterocycles. The smallest absolute Gasteiger partial charge is 0.310 e. The zero-order valence-electron chi connectivity index (χ0n) is 10.5. The zero-order valence-corrected chi connectivity index (χ0v) is 10.5. The molecule has 0 radical (unpaired) electrons. The van der Waals surface area contributed by atoms with Crippen LogP contribution in [-0.2, 0) is 19.1 Å². The second-order valence-corrected chi connectivity index (χ2v) is 3.59. The van der Waals surface area contributed by atoms with Gasteiger partial charge >= 0.3 is 5.97 Å². The van der Waals surface area contributed by atoms with E-state index < -0.39 is 0 Å². The van der Waals surface area contributed by atoms with E-state index in [0.717, 1.165) is 13.0 Å². The van der Waals surface area contributed by atoms with Crippen molar-refractivity contribution >= 4 is 11.9 Å². The van der Waals surface area contributed by atoms with Gasteiger partial charge in [-0.2, -0.15) is 0 Å². The number of methoxy groups -OCH3 is 1. The molecule has 0 spiro atoms. The van der Waals surface area contributed by atoms with Gasteiger partial charge < -0.3 is 14.8 Å². The monoisotopic (exact) mass is 243 g/mol. The molecule has 1 fully saturated rings. The Morgan fingerprint density at radius 3 is 2.76 bits per heavy atom. The topological polar surface area (TPSA) is 64.6 Å². The summed E-state index contributed by atoms with van der Waals surface area (Å²) in [4.78, 5) is 21.3. The SMILES string of the molecule is C=CCOCCC.COC(=O)C1CNC(=O)C1. The molecule has 0 aromatic carbocycles. The molecule has 1 unspecified atom stereocenters. The van der Waals surface area contributed by atoms with Crippen molar-refractivity contribution in [3.63, 3.8) is 0 Å². The highest BCUT2D eigenvalue weighted by atomic mass is 16.5. The third-order valence-electron chi connectivity index (χ3n) is 2.10. The molecule has 1 rings (SSSR count). The molecule has 0 aliphatic carbocycles. The third-order valence-corrected chi connectivity index (χ3v) is 2.10. The van der Waals surface area contributed by atoms with Gasteiger partial charge in [-0.3, -0.25) is 9.59 Å². The minimum Gasteiger partial charge on any atom is -0.469 e. The first-order valence-corrected chi connectivity index (χ1v) is 5.68. The van der Waals surface area contributed by atoms with Crippen molar-refractivity contribution in [3.8, 4) is 0 Å². The van der Waals surface area contributed by atoms with Crippen LogP contribution < -0.4 is 5.32 Å². The van der Waals surface area contributed by atoms with Crippen LogP contribution in [0.15, 0.2) is 12.7 Å². The number of esters is 1. The van der Waals surface area contributed by atoms with Crippen LogP contribution >= 0.6 is 0 Å². The zero-order chi connectivity index (χ0) is 13.1. The van der Waals surface area contributed by atoms with Gasteiger partial charge in [0.2, 0.25) is 5.91 Å². The Labute approximate surface area is 102 Å². The van der Waals surface area contributed by atoms with Gasteiger partial charge in [-0.15, -0.1) is 6.58 Å². The van der Waals surface area contributed by atoms with Crippen LogP contribution in [0.3, 0.4) is 0 Å². The molecule has 98 valence electrons. The second-order valence-electron chi connectivity index (χ2n) is 3.59. The molecule has 17 heavy (non-hydrogen) atoms. The number of hydrogen-bond acceptors (Lipinski definition) is 4. The summed E-state index contributed by atoms with van der Waals surface area (Å²) in [6.45, 7) is 7.56. The van der Waals surface area contributed by atoms with E-state index in [4.69, 9.17) is 4.74 Å². The van der Waals surface area contributed by atoms with Gasteiger partial charge in [0.15, 0.2) is 0 Å². The first-order chi connectivity index (χ1) is 8.15. The Hall–Kier alpha value is -1.36. The number of hydrogen-bond donors (Lipinski definition) is 1. The molecule has 5 nitrogen and oxygen atoms in total. The summed E-state index contributed by atoms with van der Waals surface area (Å²) in [6, 6.07) is 0. The summed E-state index contributed by atoms with van der Waals surface area (Å²) in [7, 11) is 1.32. The van der Waals surface area contributed by atoms with E-state index in [1.54, 1.807) is 6.08 Å². The van der Waals surface area contributed by atoms with Gasteiger partial charge in [0.25, 0.3) is 0 Å². The molecule has 1 aliphatic rings. The van der Waals surface area contributed by atoms with E-state index in [1.165, 1.54) is 7.11 Å². The minimum absolute atomic E-state index is 0.0737. The summed E-state index contributed by atoms with van der Waals surface area (Å²) in [5.41, 5.74) is 0. The highest BCUT2D eigenvalue weighted by Crippen LogP contribution is 2.09. The minimum atomic E-state index is -0.307. The molecule has 1 saturated heterocycles. The van der Waals surface area contributed by atoms with Crippen molar-refractivity contribution in [1.29, 1.82) is 0 Å². The van der Waals surface area contributed by atoms with Crippen LogP contribution in [0, 0.1) is 5.92 Å². The van der Waals surface area contributed by atoms with Gasteiger partial charge in [0.1, 0.15) is 0 Å². The van der Waals surface area contributed by atoms with E-state index in [2.05, 4.69) is 23.6 Å². The summed E-state index contributed by atoms with van der Waals surface area (Å²) < 4.78 is 9.47. The van der Waals surface area contributed by atoms with Crippen LogP contribution in [0.2, 0.25) is 0 Å². The van der Waals surface area contributed by atoms with Crippen molar-refractivity contribution in [2.45, 2.75) is 19.8 Å². The summed E-state index contributed by atoms with van der Waals surface area (Å²) in [5.74, 6) is -0.647. The average molecular weight is 243 g/mol. The second kappa shape index (κ2) is 9.84. The maximum Gasteiger partial charge on any atom is 0.310 e. The lowest BCUT2D eigenvalue weighted by Crippen LogP contribution is -2.19. The van der Waals surface area contributed by atoms with E-state index in [9.17, 15) is 9.59 Å². The molecule has 1 atom stereocenters. The van der Waals surface area contributed by atoms with Crippen LogP contribution in [0.4, 0.5) is 0 Å². The number of nitrogens with one attached hydrogen (secondary N) is 1. The molecule has 0 saturated carbocycles. The van der Waals surface area contributed by atoms with Gasteiger partial charge in [0, 0.05) is 19.6 Å². The van der Waals surface area contributed by atoms with Gasteiger partial charge in [0.05, 0.1) is 19.6 Å². The third kappa shape index (κ3) is 7.52. The molecular formula is C12H21NO4. The number of rotatable bonds is 5. The lowest BCUT2D eigenvalue weighted by atomic mass is 10.1. The fourth-order valence-corrected chi connectivity index (χ4v) is 1.25. The summed E-state index contributed by atoms with van der Waals surface area (Å²) in [6.07, 6.45) is 3.12. The molecule has 0 bridgehead atoms. The predicted octanol–water partition coefficient (Wildman–Crippen LogP) is 0.894. The molecule has 1 heterocycles. The van der Waals surface area contributed by atoms with E-state index in [-0.39, 0.29) is 24.2 Å². The molecule has 1 amide bonds. The van der Waals surface area contributed by atoms with E-state index >= 15 is 0 Å². The van der Waals surface area contributed by atoms with Crippen molar-refractivity contribution in [3.05, 3.63) is 12.7 Å². The first kappa shape index (κ1) is 15.6. The highest BCUT2D eigenvalue weighted by molar-refractivity contribution is 5.86. The van der Waals surface area contributed by atoms with Crippen LogP contribution in [0.1, 0.15) is 19.8 Å². The summed E-state index contributed by atoms with van der Waals surface area (Å²) >= 11 is 0. The van der Waals surface area contributed by atoms with Crippen LogP contribution in [-0.4, -0.2) is 38.7 Å². The van der Waals surface area contributed by atoms with Crippen LogP contribution in [0.5, 0.6) is 0 Å². The van der Waals surface area contributed by atoms with Crippen molar-refractivity contribution < 1.29 is 19.1 Å². The molecule has 0 aromatic rings. The maximum absolute atomic E-state index is 10.7. The number of carbonyl (C=O) groups excluding carboxylic acids is 2. The largest absolute Gasteiger partial charge is 0.469 e. The van der Waals surface area contributed by atoms with Crippen molar-refractivity contribution in [2.24, 2.45) is 5.92 Å². The van der Waals surface area contributed by atoms with Gasteiger partial charge in [-0.1, -0.05) is 13.0 Å². The molecular weight excluding hydrogens is 222 g/mol. The lowest BCUT2D eigenvalue weighted by molar-refractivity contribution is -0.145. The Bertz CT molecular complexity index is 253. The summed E-state index contributed by atoms with van der Waals surface area (Å²) in [5, 5.41) is 2.55. The predicted molar refractivity (Wildman–Crippen MR) is 64.4 cm³/mol. The Morgan fingerprint density at radius 1 is 1.65 bits per heavy atom. The average Bonchev–Trinajstić information content (AvgIpc) is 2.76. The van der Waals surface area contributed by atoms with Crippen molar-refractivity contribution in [1.82, 2.24) is 5.32 Å². The fourth-order valence-electron chi connectivity index (χ4n) is 1.25. The Balaban J connectivity index is 0.000000325. The van der Waals surface area contributed by atoms with Crippen molar-refractivity contribution in [2.75, 3.05) is 26.9 Å². The normalized spacial score (nSPS) is 17.8. The quantitative estimate of drug-likeness (QED) is 0.442. The maximum atomic E-state index is 10.7. The van der Waals surface area contributed by atoms with Crippen LogP contribution in [0.25, 0.3) is 0 Å². The Morgan fingerprint density at radius 2 is 2.35 bits per heavy atom. The fraction of sp³-hybridized carbons (Fsp3) is 0.667. The van der Waals surface area contributed by atoms with E-state index in [1.807, 2.05) is 0 Å². The molecule has 5 heteroatoms. The highest BCUT2D eigenvalue weighted by Gasteiger charge is 2.28. The first-order valence-electron chi connectivity index (χ1n) is 5.68. The van der Waals surface area contributed by atoms with E-state index in [0.29, 0.717) is 13.2 Å². The number of amides is 1. The molecule has 1 N–H and O–H groups in total. The lowest BCUT2D eigenvalue weighted by Gasteiger charge is -2.01. The number of carbonyl (C=O) groups is 2.